The number of hydrogen-bond acceptors (Lipinski definition) is 4. The number of rotatable bonds is 6. The molecule has 29 heavy (non-hydrogen) atoms. The maximum Gasteiger partial charge on any atom is 0.266 e. The number of amides is 2. The van der Waals surface area contributed by atoms with E-state index in [1.165, 1.54) is 17.3 Å². The van der Waals surface area contributed by atoms with E-state index in [0.29, 0.717) is 28.6 Å². The summed E-state index contributed by atoms with van der Waals surface area (Å²) in [6.07, 6.45) is 2.76. The van der Waals surface area contributed by atoms with Crippen molar-refractivity contribution in [1.29, 1.82) is 0 Å². The Kier molecular flexibility index (Phi) is 6.87. The molecule has 0 aliphatic carbocycles. The fraction of sp³-hybridized carbons (Fsp3) is 0.261. The zero-order valence-electron chi connectivity index (χ0n) is 16.8. The van der Waals surface area contributed by atoms with Gasteiger partial charge in [0.2, 0.25) is 5.91 Å². The number of carbonyl (C=O) groups excluding carboxylic acids is 2. The van der Waals surface area contributed by atoms with Crippen molar-refractivity contribution in [2.24, 2.45) is 0 Å². The Bertz CT molecular complexity index is 981. The molecule has 0 atom stereocenters. The van der Waals surface area contributed by atoms with Crippen molar-refractivity contribution in [1.82, 2.24) is 4.90 Å². The van der Waals surface area contributed by atoms with Crippen LogP contribution < -0.4 is 5.32 Å². The van der Waals surface area contributed by atoms with Crippen LogP contribution in [-0.2, 0) is 9.59 Å². The van der Waals surface area contributed by atoms with Gasteiger partial charge in [-0.1, -0.05) is 65.9 Å². The number of thiocarbonyl (C=S) groups is 1. The van der Waals surface area contributed by atoms with E-state index < -0.39 is 0 Å². The number of aryl methyl sites for hydroxylation is 2. The highest BCUT2D eigenvalue weighted by molar-refractivity contribution is 8.26. The number of nitrogens with zero attached hydrogens (tertiary/aromatic N) is 1. The van der Waals surface area contributed by atoms with Gasteiger partial charge in [0.25, 0.3) is 5.91 Å². The minimum atomic E-state index is -0.0875. The Labute approximate surface area is 181 Å². The van der Waals surface area contributed by atoms with Gasteiger partial charge >= 0.3 is 0 Å². The lowest BCUT2D eigenvalue weighted by Gasteiger charge is -2.14. The van der Waals surface area contributed by atoms with Gasteiger partial charge in [-0.15, -0.1) is 0 Å². The topological polar surface area (TPSA) is 49.4 Å². The summed E-state index contributed by atoms with van der Waals surface area (Å²) in [5, 5.41) is 2.95. The van der Waals surface area contributed by atoms with Gasteiger partial charge < -0.3 is 5.32 Å². The summed E-state index contributed by atoms with van der Waals surface area (Å²) in [5.74, 6) is -0.144. The van der Waals surface area contributed by atoms with E-state index in [-0.39, 0.29) is 11.8 Å². The predicted molar refractivity (Wildman–Crippen MR) is 125 cm³/mol. The van der Waals surface area contributed by atoms with E-state index in [9.17, 15) is 9.59 Å². The third-order valence-corrected chi connectivity index (χ3v) is 6.29. The lowest BCUT2D eigenvalue weighted by molar-refractivity contribution is -0.122. The van der Waals surface area contributed by atoms with Gasteiger partial charge in [-0.25, -0.2) is 0 Å². The van der Waals surface area contributed by atoms with Crippen molar-refractivity contribution in [3.8, 4) is 0 Å². The van der Waals surface area contributed by atoms with Crippen LogP contribution in [-0.4, -0.2) is 27.6 Å². The Balaban J connectivity index is 1.54. The average molecular weight is 425 g/mol. The Morgan fingerprint density at radius 1 is 1.14 bits per heavy atom. The molecule has 0 spiro atoms. The second-order valence-electron chi connectivity index (χ2n) is 7.14. The highest BCUT2D eigenvalue weighted by Gasteiger charge is 2.31. The second-order valence-corrected chi connectivity index (χ2v) is 8.82. The van der Waals surface area contributed by atoms with Crippen molar-refractivity contribution in [2.75, 3.05) is 11.9 Å². The first-order valence-electron chi connectivity index (χ1n) is 9.53. The largest absolute Gasteiger partial charge is 0.326 e. The zero-order chi connectivity index (χ0) is 21.0. The molecule has 1 fully saturated rings. The number of benzene rings is 2. The van der Waals surface area contributed by atoms with Gasteiger partial charge in [0.05, 0.1) is 4.91 Å². The van der Waals surface area contributed by atoms with Crippen molar-refractivity contribution in [2.45, 2.75) is 33.6 Å². The summed E-state index contributed by atoms with van der Waals surface area (Å²) in [4.78, 5) is 27.2. The highest BCUT2D eigenvalue weighted by Crippen LogP contribution is 2.32. The Hall–Kier alpha value is -2.44. The van der Waals surface area contributed by atoms with Gasteiger partial charge in [-0.05, 0) is 56.0 Å². The number of carbonyl (C=O) groups is 2. The van der Waals surface area contributed by atoms with Gasteiger partial charge in [-0.3, -0.25) is 14.5 Å². The molecule has 2 aromatic rings. The predicted octanol–water partition coefficient (Wildman–Crippen LogP) is 5.23. The van der Waals surface area contributed by atoms with Gasteiger partial charge in [0.1, 0.15) is 4.32 Å². The summed E-state index contributed by atoms with van der Waals surface area (Å²) in [5.41, 5.74) is 5.19. The molecule has 1 aliphatic heterocycles. The molecular weight excluding hydrogens is 400 g/mol. The van der Waals surface area contributed by atoms with Crippen molar-refractivity contribution in [3.63, 3.8) is 0 Å². The van der Waals surface area contributed by atoms with Crippen LogP contribution in [0.3, 0.4) is 0 Å². The molecule has 4 nitrogen and oxygen atoms in total. The Morgan fingerprint density at radius 2 is 1.86 bits per heavy atom. The van der Waals surface area contributed by atoms with E-state index in [1.807, 2.05) is 69.3 Å². The summed E-state index contributed by atoms with van der Waals surface area (Å²) in [6.45, 7) is 6.48. The van der Waals surface area contributed by atoms with Crippen LogP contribution in [0.5, 0.6) is 0 Å². The van der Waals surface area contributed by atoms with Gasteiger partial charge in [0.15, 0.2) is 0 Å². The van der Waals surface area contributed by atoms with Crippen LogP contribution in [0.15, 0.2) is 47.4 Å². The molecule has 3 rings (SSSR count). The smallest absolute Gasteiger partial charge is 0.266 e. The number of anilines is 1. The fourth-order valence-electron chi connectivity index (χ4n) is 3.00. The molecule has 2 aromatic carbocycles. The average Bonchev–Trinajstić information content (AvgIpc) is 2.94. The summed E-state index contributed by atoms with van der Waals surface area (Å²) >= 11 is 6.69. The number of hydrogen-bond donors (Lipinski definition) is 1. The third-order valence-electron chi connectivity index (χ3n) is 4.91. The van der Waals surface area contributed by atoms with Crippen molar-refractivity contribution >= 4 is 51.9 Å². The van der Waals surface area contributed by atoms with Crippen molar-refractivity contribution in [3.05, 3.63) is 69.6 Å². The normalized spacial score (nSPS) is 15.3. The van der Waals surface area contributed by atoms with E-state index in [4.69, 9.17) is 12.2 Å². The molecule has 6 heteroatoms. The van der Waals surface area contributed by atoms with Crippen LogP contribution in [0, 0.1) is 20.8 Å². The van der Waals surface area contributed by atoms with E-state index in [1.54, 1.807) is 4.90 Å². The second kappa shape index (κ2) is 9.37. The summed E-state index contributed by atoms with van der Waals surface area (Å²) < 4.78 is 0.545. The van der Waals surface area contributed by atoms with Gasteiger partial charge in [0, 0.05) is 18.7 Å². The molecular formula is C23H24N2O2S2. The van der Waals surface area contributed by atoms with E-state index >= 15 is 0 Å². The maximum atomic E-state index is 12.7. The fourth-order valence-corrected chi connectivity index (χ4v) is 4.31. The van der Waals surface area contributed by atoms with Crippen LogP contribution in [0.25, 0.3) is 6.08 Å². The quantitative estimate of drug-likeness (QED) is 0.509. The molecule has 1 aliphatic rings. The SMILES string of the molecule is Cc1ccc(/C=C2\SC(=S)N(CCCC(=O)Nc3cccc(C)c3C)C2=O)cc1. The summed E-state index contributed by atoms with van der Waals surface area (Å²) in [6, 6.07) is 13.8. The lowest BCUT2D eigenvalue weighted by atomic mass is 10.1. The highest BCUT2D eigenvalue weighted by atomic mass is 32.2. The molecule has 150 valence electrons. The van der Waals surface area contributed by atoms with Crippen LogP contribution in [0.2, 0.25) is 0 Å². The molecule has 1 heterocycles. The molecule has 0 unspecified atom stereocenters. The third kappa shape index (κ3) is 5.34. The molecule has 0 aromatic heterocycles. The monoisotopic (exact) mass is 424 g/mol. The van der Waals surface area contributed by atoms with E-state index in [2.05, 4.69) is 5.32 Å². The Morgan fingerprint density at radius 3 is 2.59 bits per heavy atom. The van der Waals surface area contributed by atoms with Crippen LogP contribution in [0.4, 0.5) is 5.69 Å². The molecule has 1 saturated heterocycles. The minimum Gasteiger partial charge on any atom is -0.326 e. The first kappa shape index (κ1) is 21.3. The number of thioether (sulfide) groups is 1. The standard InChI is InChI=1S/C23H24N2O2S2/c1-15-9-11-18(12-10-15)14-20-22(27)25(23(28)29-20)13-5-8-21(26)24-19-7-4-6-16(2)17(19)3/h4,6-7,9-12,14H,5,8,13H2,1-3H3,(H,24,26)/b20-14-. The zero-order valence-corrected chi connectivity index (χ0v) is 18.5. The first-order valence-corrected chi connectivity index (χ1v) is 10.8. The van der Waals surface area contributed by atoms with Crippen molar-refractivity contribution < 1.29 is 9.59 Å². The van der Waals surface area contributed by atoms with Gasteiger partial charge in [-0.2, -0.15) is 0 Å². The van der Waals surface area contributed by atoms with Crippen LogP contribution >= 0.6 is 24.0 Å². The maximum absolute atomic E-state index is 12.7. The molecule has 0 saturated carbocycles. The molecule has 0 radical (unpaired) electrons. The first-order chi connectivity index (χ1) is 13.8. The molecule has 0 bridgehead atoms. The lowest BCUT2D eigenvalue weighted by Crippen LogP contribution is -2.29. The van der Waals surface area contributed by atoms with E-state index in [0.717, 1.165) is 22.4 Å². The summed E-state index contributed by atoms with van der Waals surface area (Å²) in [7, 11) is 0. The minimum absolute atomic E-state index is 0.0562. The van der Waals surface area contributed by atoms with Crippen LogP contribution in [0.1, 0.15) is 35.1 Å². The molecule has 1 N–H and O–H groups in total. The molecule has 2 amide bonds. The number of nitrogens with one attached hydrogen (secondary N) is 1.